The molecule has 0 bridgehead atoms. The first-order chi connectivity index (χ1) is 4.20. The molecule has 1 aliphatic heterocycles. The summed E-state index contributed by atoms with van der Waals surface area (Å²) in [5.74, 6) is 0. The highest BCUT2D eigenvalue weighted by molar-refractivity contribution is 5.99. The number of nitrogens with zero attached hydrogens (tertiary/aromatic N) is 1. The van der Waals surface area contributed by atoms with E-state index in [2.05, 4.69) is 17.6 Å². The fourth-order valence-electron chi connectivity index (χ4n) is 0.808. The molecule has 0 N–H and O–H groups in total. The zero-order valence-corrected chi connectivity index (χ0v) is 5.94. The normalized spacial score (nSPS) is 19.1. The zero-order chi connectivity index (χ0) is 6.85. The molecule has 0 fully saturated rings. The van der Waals surface area contributed by atoms with E-state index in [9.17, 15) is 0 Å². The highest BCUT2D eigenvalue weighted by Gasteiger charge is 2.01. The van der Waals surface area contributed by atoms with Crippen LogP contribution in [0.25, 0.3) is 0 Å². The average molecular weight is 121 g/mol. The summed E-state index contributed by atoms with van der Waals surface area (Å²) in [6.45, 7) is 7.86. The first kappa shape index (κ1) is 6.27. The van der Waals surface area contributed by atoms with Crippen molar-refractivity contribution in [3.63, 3.8) is 0 Å². The first-order valence-electron chi connectivity index (χ1n) is 3.10. The van der Waals surface area contributed by atoms with Crippen LogP contribution in [0.5, 0.6) is 0 Å². The maximum absolute atomic E-state index is 4.24. The van der Waals surface area contributed by atoms with Crippen molar-refractivity contribution in [3.05, 3.63) is 23.9 Å². The second-order valence-electron chi connectivity index (χ2n) is 2.35. The second kappa shape index (κ2) is 2.18. The highest BCUT2D eigenvalue weighted by Crippen LogP contribution is 2.13. The molecule has 0 aromatic carbocycles. The maximum atomic E-state index is 4.24. The van der Waals surface area contributed by atoms with E-state index in [4.69, 9.17) is 0 Å². The van der Waals surface area contributed by atoms with Crippen LogP contribution in [0.1, 0.15) is 20.3 Å². The van der Waals surface area contributed by atoms with Gasteiger partial charge in [0.2, 0.25) is 0 Å². The Hall–Kier alpha value is -0.850. The molecule has 0 aromatic heterocycles. The highest BCUT2D eigenvalue weighted by atomic mass is 14.8. The Balaban J connectivity index is 2.87. The van der Waals surface area contributed by atoms with E-state index in [0.717, 1.165) is 23.4 Å². The van der Waals surface area contributed by atoms with Gasteiger partial charge in [0.15, 0.2) is 0 Å². The monoisotopic (exact) mass is 121 g/mol. The summed E-state index contributed by atoms with van der Waals surface area (Å²) in [6.07, 6.45) is 3.07. The van der Waals surface area contributed by atoms with Crippen LogP contribution in [0, 0.1) is 0 Å². The standard InChI is InChI=1S/C8H11N/c1-6-4-5-7(2)9-8(6)3/h5H,1,4H2,2-3H3. The van der Waals surface area contributed by atoms with Gasteiger partial charge in [-0.3, -0.25) is 4.99 Å². The molecular weight excluding hydrogens is 110 g/mol. The molecule has 0 atom stereocenters. The lowest BCUT2D eigenvalue weighted by atomic mass is 10.1. The van der Waals surface area contributed by atoms with E-state index in [1.54, 1.807) is 0 Å². The van der Waals surface area contributed by atoms with E-state index in [0.29, 0.717) is 0 Å². The molecule has 1 heterocycles. The van der Waals surface area contributed by atoms with Crippen molar-refractivity contribution >= 4 is 5.71 Å². The summed E-state index contributed by atoms with van der Waals surface area (Å²) >= 11 is 0. The van der Waals surface area contributed by atoms with Crippen LogP contribution < -0.4 is 0 Å². The maximum Gasteiger partial charge on any atom is 0.0404 e. The van der Waals surface area contributed by atoms with Crippen molar-refractivity contribution in [1.82, 2.24) is 0 Å². The Kier molecular flexibility index (Phi) is 1.52. The van der Waals surface area contributed by atoms with Gasteiger partial charge in [-0.05, 0) is 25.8 Å². The van der Waals surface area contributed by atoms with Gasteiger partial charge in [0, 0.05) is 11.4 Å². The van der Waals surface area contributed by atoms with E-state index in [-0.39, 0.29) is 0 Å². The average Bonchev–Trinajstić information content (AvgIpc) is 1.80. The van der Waals surface area contributed by atoms with Crippen molar-refractivity contribution < 1.29 is 0 Å². The van der Waals surface area contributed by atoms with Crippen LogP contribution in [-0.4, -0.2) is 5.71 Å². The number of hydrogen-bond donors (Lipinski definition) is 0. The molecule has 0 saturated carbocycles. The minimum atomic E-state index is 0.973. The van der Waals surface area contributed by atoms with E-state index < -0.39 is 0 Å². The molecule has 1 aliphatic rings. The Morgan fingerprint density at radius 1 is 1.56 bits per heavy atom. The summed E-state index contributed by atoms with van der Waals surface area (Å²) in [7, 11) is 0. The summed E-state index contributed by atoms with van der Waals surface area (Å²) in [6, 6.07) is 0. The van der Waals surface area contributed by atoms with Gasteiger partial charge >= 0.3 is 0 Å². The van der Waals surface area contributed by atoms with Gasteiger partial charge in [-0.2, -0.15) is 0 Å². The molecule has 1 rings (SSSR count). The van der Waals surface area contributed by atoms with Crippen molar-refractivity contribution in [2.75, 3.05) is 0 Å². The van der Waals surface area contributed by atoms with E-state index in [1.165, 1.54) is 0 Å². The molecule has 0 saturated heterocycles. The lowest BCUT2D eigenvalue weighted by Crippen LogP contribution is -1.99. The smallest absolute Gasteiger partial charge is 0.0404 e. The minimum absolute atomic E-state index is 0.973. The Morgan fingerprint density at radius 3 is 2.67 bits per heavy atom. The number of allylic oxidation sites excluding steroid dienone is 3. The summed E-state index contributed by atoms with van der Waals surface area (Å²) in [5.41, 5.74) is 3.33. The van der Waals surface area contributed by atoms with Crippen LogP contribution >= 0.6 is 0 Å². The number of aliphatic imine (C=N–C) groups is 1. The molecule has 0 aliphatic carbocycles. The predicted octanol–water partition coefficient (Wildman–Crippen LogP) is 2.31. The molecule has 1 heteroatoms. The zero-order valence-electron chi connectivity index (χ0n) is 5.94. The molecule has 0 radical (unpaired) electrons. The number of rotatable bonds is 0. The Labute approximate surface area is 55.8 Å². The fourth-order valence-corrected chi connectivity index (χ4v) is 0.808. The van der Waals surface area contributed by atoms with Gasteiger partial charge in [0.05, 0.1) is 0 Å². The summed E-state index contributed by atoms with van der Waals surface area (Å²) in [5, 5.41) is 0. The van der Waals surface area contributed by atoms with Crippen molar-refractivity contribution in [3.8, 4) is 0 Å². The van der Waals surface area contributed by atoms with Crippen LogP contribution in [0.15, 0.2) is 28.9 Å². The first-order valence-corrected chi connectivity index (χ1v) is 3.10. The Morgan fingerprint density at radius 2 is 2.22 bits per heavy atom. The van der Waals surface area contributed by atoms with Gasteiger partial charge in [-0.15, -0.1) is 0 Å². The quantitative estimate of drug-likeness (QED) is 0.466. The molecule has 0 amide bonds. The number of hydrogen-bond acceptors (Lipinski definition) is 1. The third-order valence-electron chi connectivity index (χ3n) is 1.50. The third-order valence-corrected chi connectivity index (χ3v) is 1.50. The minimum Gasteiger partial charge on any atom is -0.259 e. The molecule has 48 valence electrons. The lowest BCUT2D eigenvalue weighted by Gasteiger charge is -2.07. The van der Waals surface area contributed by atoms with E-state index >= 15 is 0 Å². The van der Waals surface area contributed by atoms with Gasteiger partial charge in [-0.1, -0.05) is 12.7 Å². The summed E-state index contributed by atoms with van der Waals surface area (Å²) in [4.78, 5) is 4.24. The van der Waals surface area contributed by atoms with Gasteiger partial charge in [-0.25, -0.2) is 0 Å². The van der Waals surface area contributed by atoms with Gasteiger partial charge in [0.1, 0.15) is 0 Å². The van der Waals surface area contributed by atoms with Gasteiger partial charge < -0.3 is 0 Å². The SMILES string of the molecule is C=C1CC=C(C)N=C1C. The second-order valence-corrected chi connectivity index (χ2v) is 2.35. The van der Waals surface area contributed by atoms with Crippen LogP contribution in [0.4, 0.5) is 0 Å². The van der Waals surface area contributed by atoms with Gasteiger partial charge in [0.25, 0.3) is 0 Å². The van der Waals surface area contributed by atoms with Crippen LogP contribution in [0.2, 0.25) is 0 Å². The topological polar surface area (TPSA) is 12.4 Å². The van der Waals surface area contributed by atoms with Crippen molar-refractivity contribution in [1.29, 1.82) is 0 Å². The lowest BCUT2D eigenvalue weighted by molar-refractivity contribution is 1.16. The third kappa shape index (κ3) is 1.28. The molecule has 0 aromatic rings. The Bertz CT molecular complexity index is 197. The molecular formula is C8H11N. The fraction of sp³-hybridized carbons (Fsp3) is 0.375. The van der Waals surface area contributed by atoms with Crippen LogP contribution in [-0.2, 0) is 0 Å². The molecule has 1 nitrogen and oxygen atoms in total. The molecule has 0 unspecified atom stereocenters. The predicted molar refractivity (Wildman–Crippen MR) is 40.6 cm³/mol. The largest absolute Gasteiger partial charge is 0.259 e. The summed E-state index contributed by atoms with van der Waals surface area (Å²) < 4.78 is 0. The van der Waals surface area contributed by atoms with Crippen LogP contribution in [0.3, 0.4) is 0 Å². The molecule has 0 spiro atoms. The van der Waals surface area contributed by atoms with Crippen molar-refractivity contribution in [2.45, 2.75) is 20.3 Å². The van der Waals surface area contributed by atoms with Crippen molar-refractivity contribution in [2.24, 2.45) is 4.99 Å². The molecule has 9 heavy (non-hydrogen) atoms. The van der Waals surface area contributed by atoms with E-state index in [1.807, 2.05) is 13.8 Å².